The third-order valence-electron chi connectivity index (χ3n) is 2.56. The molecule has 5 nitrogen and oxygen atoms in total. The Morgan fingerprint density at radius 3 is 2.82 bits per heavy atom. The fourth-order valence-corrected chi connectivity index (χ4v) is 2.65. The normalized spacial score (nSPS) is 11.1. The van der Waals surface area contributed by atoms with Crippen LogP contribution in [0.5, 0.6) is 0 Å². The predicted octanol–water partition coefficient (Wildman–Crippen LogP) is 1.35. The zero-order valence-electron chi connectivity index (χ0n) is 9.08. The van der Waals surface area contributed by atoms with Crippen LogP contribution >= 0.6 is 11.3 Å². The molecule has 2 N–H and O–H groups in total. The molecule has 0 aliphatic rings. The van der Waals surface area contributed by atoms with Gasteiger partial charge >= 0.3 is 0 Å². The number of aromatic nitrogens is 4. The minimum atomic E-state index is 0.625. The number of hydrogen-bond donors (Lipinski definition) is 1. The minimum Gasteiger partial charge on any atom is -0.330 e. The van der Waals surface area contributed by atoms with Gasteiger partial charge in [0, 0.05) is 35.5 Å². The van der Waals surface area contributed by atoms with Crippen LogP contribution in [0, 0.1) is 0 Å². The zero-order chi connectivity index (χ0) is 11.7. The van der Waals surface area contributed by atoms with Gasteiger partial charge in [-0.3, -0.25) is 9.38 Å². The van der Waals surface area contributed by atoms with Crippen molar-refractivity contribution in [3.8, 4) is 11.4 Å². The molecule has 0 saturated heterocycles. The Balaban J connectivity index is 2.19. The topological polar surface area (TPSA) is 69.1 Å². The maximum Gasteiger partial charge on any atom is 0.216 e. The van der Waals surface area contributed by atoms with E-state index in [1.165, 1.54) is 0 Å². The minimum absolute atomic E-state index is 0.625. The second-order valence-electron chi connectivity index (χ2n) is 3.64. The van der Waals surface area contributed by atoms with Crippen LogP contribution in [0.2, 0.25) is 0 Å². The molecular weight excluding hydrogens is 234 g/mol. The van der Waals surface area contributed by atoms with Crippen molar-refractivity contribution < 1.29 is 0 Å². The van der Waals surface area contributed by atoms with Gasteiger partial charge in [0.25, 0.3) is 0 Å². The average Bonchev–Trinajstić information content (AvgIpc) is 2.94. The van der Waals surface area contributed by atoms with Crippen LogP contribution in [-0.2, 0) is 6.42 Å². The van der Waals surface area contributed by atoms with Gasteiger partial charge < -0.3 is 5.73 Å². The first kappa shape index (κ1) is 10.4. The van der Waals surface area contributed by atoms with E-state index in [1.54, 1.807) is 23.7 Å². The van der Waals surface area contributed by atoms with Crippen molar-refractivity contribution in [3.05, 3.63) is 35.6 Å². The lowest BCUT2D eigenvalue weighted by atomic mass is 10.2. The Labute approximate surface area is 102 Å². The molecule has 6 heteroatoms. The summed E-state index contributed by atoms with van der Waals surface area (Å²) in [4.78, 5) is 4.91. The summed E-state index contributed by atoms with van der Waals surface area (Å²) in [5.74, 6) is 0.854. The summed E-state index contributed by atoms with van der Waals surface area (Å²) in [6.07, 6.45) is 4.34. The summed E-state index contributed by atoms with van der Waals surface area (Å²) in [6.45, 7) is 0.625. The molecule has 0 saturated carbocycles. The van der Waals surface area contributed by atoms with Gasteiger partial charge in [0.05, 0.1) is 0 Å². The van der Waals surface area contributed by atoms with Crippen LogP contribution in [0.3, 0.4) is 0 Å². The molecule has 0 amide bonds. The van der Waals surface area contributed by atoms with E-state index in [0.29, 0.717) is 6.54 Å². The maximum absolute atomic E-state index is 5.61. The molecule has 0 unspecified atom stereocenters. The van der Waals surface area contributed by atoms with Crippen molar-refractivity contribution in [2.45, 2.75) is 6.42 Å². The lowest BCUT2D eigenvalue weighted by Gasteiger charge is -2.00. The molecule has 0 fully saturated rings. The molecule has 3 heterocycles. The predicted molar refractivity (Wildman–Crippen MR) is 66.9 cm³/mol. The van der Waals surface area contributed by atoms with Crippen molar-refractivity contribution in [3.63, 3.8) is 0 Å². The van der Waals surface area contributed by atoms with Gasteiger partial charge in [-0.15, -0.1) is 21.5 Å². The van der Waals surface area contributed by atoms with Gasteiger partial charge in [0.1, 0.15) is 0 Å². The second kappa shape index (κ2) is 4.23. The number of thiazole rings is 1. The number of nitrogens with two attached hydrogens (primary N) is 1. The van der Waals surface area contributed by atoms with E-state index in [4.69, 9.17) is 5.73 Å². The Morgan fingerprint density at radius 1 is 1.24 bits per heavy atom. The Hall–Kier alpha value is -1.79. The summed E-state index contributed by atoms with van der Waals surface area (Å²) in [7, 11) is 0. The zero-order valence-corrected chi connectivity index (χ0v) is 9.89. The first-order valence-electron chi connectivity index (χ1n) is 5.32. The number of pyridine rings is 1. The van der Waals surface area contributed by atoms with E-state index >= 15 is 0 Å². The Morgan fingerprint density at radius 2 is 2.06 bits per heavy atom. The van der Waals surface area contributed by atoms with Crippen molar-refractivity contribution in [1.82, 2.24) is 19.6 Å². The van der Waals surface area contributed by atoms with Gasteiger partial charge in [-0.2, -0.15) is 0 Å². The van der Waals surface area contributed by atoms with Gasteiger partial charge in [-0.25, -0.2) is 0 Å². The standard InChI is InChI=1S/C11H11N5S/c12-4-1-9-7-17-11-15-14-10(16(9)11)8-2-5-13-6-3-8/h2-3,5-7H,1,4,12H2. The Bertz CT molecular complexity index is 628. The van der Waals surface area contributed by atoms with E-state index < -0.39 is 0 Å². The molecule has 0 aliphatic heterocycles. The second-order valence-corrected chi connectivity index (χ2v) is 4.48. The van der Waals surface area contributed by atoms with Crippen LogP contribution in [0.25, 0.3) is 16.3 Å². The van der Waals surface area contributed by atoms with Crippen molar-refractivity contribution in [2.75, 3.05) is 6.54 Å². The van der Waals surface area contributed by atoms with Crippen LogP contribution in [0.1, 0.15) is 5.69 Å². The fourth-order valence-electron chi connectivity index (χ4n) is 1.79. The van der Waals surface area contributed by atoms with Gasteiger partial charge in [-0.1, -0.05) is 0 Å². The quantitative estimate of drug-likeness (QED) is 0.756. The smallest absolute Gasteiger partial charge is 0.216 e. The average molecular weight is 245 g/mol. The monoisotopic (exact) mass is 245 g/mol. The summed E-state index contributed by atoms with van der Waals surface area (Å²) in [5.41, 5.74) is 7.78. The number of nitrogens with zero attached hydrogens (tertiary/aromatic N) is 4. The number of fused-ring (bicyclic) bond motifs is 1. The molecule has 0 radical (unpaired) electrons. The molecule has 0 bridgehead atoms. The molecule has 17 heavy (non-hydrogen) atoms. The SMILES string of the molecule is NCCc1csc2nnc(-c3ccncc3)n12. The van der Waals surface area contributed by atoms with E-state index in [0.717, 1.165) is 28.5 Å². The van der Waals surface area contributed by atoms with Gasteiger partial charge in [-0.05, 0) is 18.7 Å². The molecule has 86 valence electrons. The van der Waals surface area contributed by atoms with Crippen LogP contribution in [-0.4, -0.2) is 26.1 Å². The third kappa shape index (κ3) is 1.71. The third-order valence-corrected chi connectivity index (χ3v) is 3.42. The van der Waals surface area contributed by atoms with E-state index in [-0.39, 0.29) is 0 Å². The lowest BCUT2D eigenvalue weighted by Crippen LogP contribution is -2.05. The maximum atomic E-state index is 5.61. The highest BCUT2D eigenvalue weighted by Crippen LogP contribution is 2.23. The molecule has 3 aromatic heterocycles. The molecule has 3 aromatic rings. The summed E-state index contributed by atoms with van der Waals surface area (Å²) >= 11 is 1.59. The lowest BCUT2D eigenvalue weighted by molar-refractivity contribution is 0.907. The first-order chi connectivity index (χ1) is 8.40. The number of hydrogen-bond acceptors (Lipinski definition) is 5. The van der Waals surface area contributed by atoms with Gasteiger partial charge in [0.15, 0.2) is 5.82 Å². The molecule has 3 rings (SSSR count). The van der Waals surface area contributed by atoms with Gasteiger partial charge in [0.2, 0.25) is 4.96 Å². The molecule has 0 aliphatic carbocycles. The van der Waals surface area contributed by atoms with E-state index in [1.807, 2.05) is 12.1 Å². The highest BCUT2D eigenvalue weighted by Gasteiger charge is 2.12. The first-order valence-corrected chi connectivity index (χ1v) is 6.20. The molecular formula is C11H11N5S. The number of rotatable bonds is 3. The molecule has 0 aromatic carbocycles. The summed E-state index contributed by atoms with van der Waals surface area (Å²) in [6, 6.07) is 3.86. The highest BCUT2D eigenvalue weighted by molar-refractivity contribution is 7.15. The van der Waals surface area contributed by atoms with Crippen molar-refractivity contribution >= 4 is 16.3 Å². The van der Waals surface area contributed by atoms with Crippen LogP contribution < -0.4 is 5.73 Å². The fraction of sp³-hybridized carbons (Fsp3) is 0.182. The van der Waals surface area contributed by atoms with Crippen LogP contribution in [0.15, 0.2) is 29.9 Å². The van der Waals surface area contributed by atoms with E-state index in [2.05, 4.69) is 25.0 Å². The van der Waals surface area contributed by atoms with Crippen molar-refractivity contribution in [2.24, 2.45) is 5.73 Å². The summed E-state index contributed by atoms with van der Waals surface area (Å²) in [5, 5.41) is 10.5. The van der Waals surface area contributed by atoms with E-state index in [9.17, 15) is 0 Å². The summed E-state index contributed by atoms with van der Waals surface area (Å²) < 4.78 is 2.06. The molecule has 0 spiro atoms. The van der Waals surface area contributed by atoms with Crippen LogP contribution in [0.4, 0.5) is 0 Å². The van der Waals surface area contributed by atoms with Crippen molar-refractivity contribution in [1.29, 1.82) is 0 Å². The largest absolute Gasteiger partial charge is 0.330 e. The highest BCUT2D eigenvalue weighted by atomic mass is 32.1. The molecule has 0 atom stereocenters. The Kier molecular flexibility index (Phi) is 2.58.